The Hall–Kier alpha value is -4.20. The molecule has 0 spiro atoms. The molecular weight excluding hydrogens is 422 g/mol. The molecule has 9 nitrogen and oxygen atoms in total. The van der Waals surface area contributed by atoms with Crippen molar-refractivity contribution in [3.05, 3.63) is 47.5 Å². The summed E-state index contributed by atoms with van der Waals surface area (Å²) in [4.78, 5) is 13.9. The van der Waals surface area contributed by atoms with Crippen LogP contribution in [0.2, 0.25) is 0 Å². The summed E-state index contributed by atoms with van der Waals surface area (Å²) >= 11 is 1.43. The van der Waals surface area contributed by atoms with Crippen molar-refractivity contribution >= 4 is 27.4 Å². The Morgan fingerprint density at radius 2 is 2.16 bits per heavy atom. The third-order valence-corrected chi connectivity index (χ3v) is 6.97. The number of fused-ring (bicyclic) bond motifs is 1. The van der Waals surface area contributed by atoms with Gasteiger partial charge in [0.2, 0.25) is 0 Å². The third-order valence-electron chi connectivity index (χ3n) is 5.93. The number of nitrogens with zero attached hydrogens (tertiary/aromatic N) is 8. The summed E-state index contributed by atoms with van der Waals surface area (Å²) in [5.41, 5.74) is 3.30. The quantitative estimate of drug-likeness (QED) is 0.502. The second-order valence-electron chi connectivity index (χ2n) is 7.65. The van der Waals surface area contributed by atoms with Crippen LogP contribution in [0.4, 0.5) is 5.00 Å². The Morgan fingerprint density at radius 1 is 1.25 bits per heavy atom. The number of rotatable bonds is 5. The van der Waals surface area contributed by atoms with Crippen molar-refractivity contribution in [1.29, 1.82) is 15.8 Å². The lowest BCUT2D eigenvalue weighted by molar-refractivity contribution is 0.332. The molecular formula is C22H17N9S. The van der Waals surface area contributed by atoms with Gasteiger partial charge in [0.25, 0.3) is 0 Å². The van der Waals surface area contributed by atoms with Gasteiger partial charge in [-0.2, -0.15) is 20.9 Å². The van der Waals surface area contributed by atoms with Gasteiger partial charge in [0.15, 0.2) is 0 Å². The summed E-state index contributed by atoms with van der Waals surface area (Å²) in [6, 6.07) is 8.41. The van der Waals surface area contributed by atoms with E-state index in [1.54, 1.807) is 11.6 Å². The summed E-state index contributed by atoms with van der Waals surface area (Å²) in [6.07, 6.45) is 8.29. The lowest BCUT2D eigenvalue weighted by Crippen LogP contribution is -2.25. The second-order valence-corrected chi connectivity index (χ2v) is 8.51. The van der Waals surface area contributed by atoms with Crippen LogP contribution >= 0.6 is 11.3 Å². The van der Waals surface area contributed by atoms with Crippen LogP contribution in [0.25, 0.3) is 22.3 Å². The minimum Gasteiger partial charge on any atom is -0.362 e. The number of anilines is 1. The van der Waals surface area contributed by atoms with Crippen molar-refractivity contribution in [2.45, 2.75) is 18.9 Å². The summed E-state index contributed by atoms with van der Waals surface area (Å²) in [7, 11) is 0. The first-order valence-corrected chi connectivity index (χ1v) is 11.0. The molecule has 156 valence electrons. The number of nitriles is 3. The van der Waals surface area contributed by atoms with E-state index in [0.717, 1.165) is 40.3 Å². The molecule has 1 N–H and O–H groups in total. The maximum absolute atomic E-state index is 9.50. The Kier molecular flexibility index (Phi) is 5.03. The monoisotopic (exact) mass is 439 g/mol. The number of H-pyrrole nitrogens is 1. The number of thiophene rings is 1. The zero-order chi connectivity index (χ0) is 22.1. The molecule has 32 heavy (non-hydrogen) atoms. The van der Waals surface area contributed by atoms with Crippen LogP contribution < -0.4 is 4.90 Å². The molecule has 0 radical (unpaired) electrons. The van der Waals surface area contributed by atoms with E-state index < -0.39 is 0 Å². The zero-order valence-electron chi connectivity index (χ0n) is 16.9. The summed E-state index contributed by atoms with van der Waals surface area (Å²) in [6.45, 7) is 1.48. The van der Waals surface area contributed by atoms with Gasteiger partial charge in [0.05, 0.1) is 36.0 Å². The molecule has 1 fully saturated rings. The van der Waals surface area contributed by atoms with Crippen molar-refractivity contribution < 1.29 is 0 Å². The van der Waals surface area contributed by atoms with Crippen LogP contribution in [0.1, 0.15) is 30.0 Å². The fourth-order valence-corrected chi connectivity index (χ4v) is 5.36. The van der Waals surface area contributed by atoms with Crippen molar-refractivity contribution in [2.24, 2.45) is 5.92 Å². The predicted octanol–water partition coefficient (Wildman–Crippen LogP) is 3.61. The number of aromatic nitrogens is 5. The molecule has 5 rings (SSSR count). The Bertz CT molecular complexity index is 1410. The molecule has 1 saturated heterocycles. The summed E-state index contributed by atoms with van der Waals surface area (Å²) in [5, 5.41) is 36.3. The van der Waals surface area contributed by atoms with E-state index in [1.165, 1.54) is 17.7 Å². The Labute approximate surface area is 187 Å². The maximum Gasteiger partial charge on any atom is 0.141 e. The van der Waals surface area contributed by atoms with Gasteiger partial charge in [-0.05, 0) is 12.5 Å². The van der Waals surface area contributed by atoms with Gasteiger partial charge >= 0.3 is 0 Å². The van der Waals surface area contributed by atoms with E-state index in [0.29, 0.717) is 24.1 Å². The molecule has 1 aliphatic rings. The van der Waals surface area contributed by atoms with Crippen LogP contribution in [0, 0.1) is 39.9 Å². The number of hydrogen-bond donors (Lipinski definition) is 1. The first kappa shape index (κ1) is 19.7. The fourth-order valence-electron chi connectivity index (χ4n) is 4.37. The van der Waals surface area contributed by atoms with Crippen LogP contribution in [0.5, 0.6) is 0 Å². The second kappa shape index (κ2) is 8.14. The van der Waals surface area contributed by atoms with Crippen molar-refractivity contribution in [1.82, 2.24) is 24.7 Å². The van der Waals surface area contributed by atoms with Gasteiger partial charge < -0.3 is 9.88 Å². The Balaban J connectivity index is 1.42. The normalized spacial score (nSPS) is 16.5. The molecule has 4 aromatic rings. The van der Waals surface area contributed by atoms with Gasteiger partial charge in [-0.1, -0.05) is 0 Å². The maximum atomic E-state index is 9.50. The SMILES string of the molecule is N#CCC(C1CCN(c2scc(C#N)c2C#N)C1)n1cc(-c2ncnc3[nH]ccc23)cn1. The molecule has 10 heteroatoms. The highest BCUT2D eigenvalue weighted by atomic mass is 32.1. The highest BCUT2D eigenvalue weighted by Crippen LogP contribution is 2.38. The van der Waals surface area contributed by atoms with Gasteiger partial charge in [0, 0.05) is 47.7 Å². The smallest absolute Gasteiger partial charge is 0.141 e. The third kappa shape index (κ3) is 3.26. The predicted molar refractivity (Wildman–Crippen MR) is 118 cm³/mol. The molecule has 0 bridgehead atoms. The highest BCUT2D eigenvalue weighted by Gasteiger charge is 2.33. The first-order valence-electron chi connectivity index (χ1n) is 10.1. The van der Waals surface area contributed by atoms with Crippen molar-refractivity contribution in [3.8, 4) is 29.5 Å². The number of nitrogens with one attached hydrogen (secondary N) is 1. The molecule has 0 aliphatic carbocycles. The standard InChI is InChI=1S/C22H17N9S/c23-4-1-19(14-3-6-30(10-14)22-18(8-25)15(7-24)12-32-22)31-11-16(9-29-31)20-17-2-5-26-21(17)28-13-27-20/h2,5,9,11-14,19H,1,3,6,10H2,(H,26,27,28). The minimum atomic E-state index is -0.0942. The Morgan fingerprint density at radius 3 is 2.97 bits per heavy atom. The van der Waals surface area contributed by atoms with Gasteiger partial charge in [-0.25, -0.2) is 9.97 Å². The number of aromatic amines is 1. The van der Waals surface area contributed by atoms with Gasteiger partial charge in [-0.3, -0.25) is 4.68 Å². The van der Waals surface area contributed by atoms with E-state index in [-0.39, 0.29) is 12.0 Å². The molecule has 0 amide bonds. The molecule has 1 aliphatic heterocycles. The minimum absolute atomic E-state index is 0.0942. The van der Waals surface area contributed by atoms with E-state index >= 15 is 0 Å². The lowest BCUT2D eigenvalue weighted by atomic mass is 9.96. The fraction of sp³-hybridized carbons (Fsp3) is 0.273. The topological polar surface area (TPSA) is 134 Å². The van der Waals surface area contributed by atoms with Crippen molar-refractivity contribution in [3.63, 3.8) is 0 Å². The van der Waals surface area contributed by atoms with Crippen LogP contribution in [0.15, 0.2) is 36.4 Å². The van der Waals surface area contributed by atoms with E-state index in [1.807, 2.05) is 23.1 Å². The average molecular weight is 440 g/mol. The van der Waals surface area contributed by atoms with Crippen LogP contribution in [0.3, 0.4) is 0 Å². The van der Waals surface area contributed by atoms with Crippen molar-refractivity contribution in [2.75, 3.05) is 18.0 Å². The summed E-state index contributed by atoms with van der Waals surface area (Å²) in [5.74, 6) is 0.194. The molecule has 0 aromatic carbocycles. The molecule has 2 unspecified atom stereocenters. The van der Waals surface area contributed by atoms with Gasteiger partial charge in [-0.15, -0.1) is 11.3 Å². The lowest BCUT2D eigenvalue weighted by Gasteiger charge is -2.23. The molecule has 5 heterocycles. The van der Waals surface area contributed by atoms with E-state index in [9.17, 15) is 15.8 Å². The first-order chi connectivity index (χ1) is 15.7. The molecule has 2 atom stereocenters. The van der Waals surface area contributed by atoms with Gasteiger partial charge in [0.1, 0.15) is 34.7 Å². The zero-order valence-corrected chi connectivity index (χ0v) is 17.7. The average Bonchev–Trinajstić information content (AvgIpc) is 3.61. The van der Waals surface area contributed by atoms with Crippen LogP contribution in [-0.4, -0.2) is 37.8 Å². The molecule has 0 saturated carbocycles. The largest absolute Gasteiger partial charge is 0.362 e. The van der Waals surface area contributed by atoms with E-state index in [2.05, 4.69) is 43.2 Å². The van der Waals surface area contributed by atoms with E-state index in [4.69, 9.17) is 0 Å². The summed E-state index contributed by atoms with van der Waals surface area (Å²) < 4.78 is 1.87. The highest BCUT2D eigenvalue weighted by molar-refractivity contribution is 7.14. The molecule has 4 aromatic heterocycles. The van der Waals surface area contributed by atoms with Crippen LogP contribution in [-0.2, 0) is 0 Å². The number of hydrogen-bond acceptors (Lipinski definition) is 8.